The van der Waals surface area contributed by atoms with Crippen molar-refractivity contribution in [1.82, 2.24) is 0 Å². The lowest BCUT2D eigenvalue weighted by atomic mass is 9.59. The van der Waals surface area contributed by atoms with Gasteiger partial charge in [0.25, 0.3) is 0 Å². The quantitative estimate of drug-likeness (QED) is 0.698. The van der Waals surface area contributed by atoms with Crippen LogP contribution in [0.4, 0.5) is 0 Å². The fourth-order valence-corrected chi connectivity index (χ4v) is 3.08. The van der Waals surface area contributed by atoms with Gasteiger partial charge in [0, 0.05) is 5.92 Å². The first-order valence-electron chi connectivity index (χ1n) is 6.05. The molecule has 0 aromatic heterocycles. The summed E-state index contributed by atoms with van der Waals surface area (Å²) in [7, 11) is 0. The Morgan fingerprint density at radius 1 is 1.33 bits per heavy atom. The van der Waals surface area contributed by atoms with Crippen LogP contribution in [-0.4, -0.2) is 0 Å². The Morgan fingerprint density at radius 3 is 2.56 bits per heavy atom. The second-order valence-corrected chi connectivity index (χ2v) is 4.92. The van der Waals surface area contributed by atoms with Crippen LogP contribution in [-0.2, 0) is 0 Å². The van der Waals surface area contributed by atoms with Crippen LogP contribution >= 0.6 is 0 Å². The van der Waals surface area contributed by atoms with Gasteiger partial charge in [-0.15, -0.1) is 0 Å². The molecule has 2 aliphatic rings. The Morgan fingerprint density at radius 2 is 2.00 bits per heavy atom. The molecule has 0 spiro atoms. The van der Waals surface area contributed by atoms with Gasteiger partial charge in [-0.25, -0.2) is 0 Å². The van der Waals surface area contributed by atoms with Crippen LogP contribution in [0.1, 0.15) is 26.2 Å². The largest absolute Gasteiger partial charge is 0.399 e. The van der Waals surface area contributed by atoms with Gasteiger partial charge >= 0.3 is 0 Å². The minimum Gasteiger partial charge on any atom is -0.399 e. The molecule has 18 heavy (non-hydrogen) atoms. The highest BCUT2D eigenvalue weighted by molar-refractivity contribution is 5.55. The molecule has 0 saturated carbocycles. The lowest BCUT2D eigenvalue weighted by Crippen LogP contribution is -2.42. The molecule has 0 heterocycles. The summed E-state index contributed by atoms with van der Waals surface area (Å²) in [6, 6.07) is 6.16. The maximum atomic E-state index is 9.37. The zero-order valence-electron chi connectivity index (χ0n) is 10.3. The summed E-state index contributed by atoms with van der Waals surface area (Å²) < 4.78 is 0. The van der Waals surface area contributed by atoms with Crippen LogP contribution < -0.4 is 5.73 Å². The maximum Gasteiger partial charge on any atom is 0.187 e. The SMILES string of the molecule is CC1C2CCCC=C2C(C#N)=C(N)C1(C#N)C#N. The molecule has 2 aliphatic carbocycles. The summed E-state index contributed by atoms with van der Waals surface area (Å²) in [4.78, 5) is 0. The molecular weight excluding hydrogens is 224 g/mol. The van der Waals surface area contributed by atoms with Crippen LogP contribution in [0.3, 0.4) is 0 Å². The second-order valence-electron chi connectivity index (χ2n) is 4.92. The third kappa shape index (κ3) is 1.35. The minimum absolute atomic E-state index is 0.0972. The van der Waals surface area contributed by atoms with Crippen molar-refractivity contribution >= 4 is 0 Å². The first kappa shape index (κ1) is 12.2. The van der Waals surface area contributed by atoms with Crippen molar-refractivity contribution in [1.29, 1.82) is 15.8 Å². The van der Waals surface area contributed by atoms with Gasteiger partial charge in [0.1, 0.15) is 6.07 Å². The Labute approximate surface area is 107 Å². The highest BCUT2D eigenvalue weighted by atomic mass is 14.7. The van der Waals surface area contributed by atoms with Crippen molar-refractivity contribution in [3.05, 3.63) is 22.9 Å². The van der Waals surface area contributed by atoms with E-state index in [4.69, 9.17) is 5.73 Å². The number of nitrogens with zero attached hydrogens (tertiary/aromatic N) is 3. The molecule has 0 aromatic carbocycles. The summed E-state index contributed by atoms with van der Waals surface area (Å²) in [5.41, 5.74) is 6.02. The number of hydrogen-bond donors (Lipinski definition) is 1. The molecule has 90 valence electrons. The topological polar surface area (TPSA) is 97.4 Å². The monoisotopic (exact) mass is 238 g/mol. The van der Waals surface area contributed by atoms with Crippen LogP contribution in [0.15, 0.2) is 22.9 Å². The highest BCUT2D eigenvalue weighted by Gasteiger charge is 2.50. The van der Waals surface area contributed by atoms with E-state index in [9.17, 15) is 15.8 Å². The van der Waals surface area contributed by atoms with Gasteiger partial charge in [0.05, 0.1) is 23.4 Å². The average molecular weight is 238 g/mol. The van der Waals surface area contributed by atoms with E-state index in [1.165, 1.54) is 0 Å². The molecule has 0 amide bonds. The molecule has 0 saturated heterocycles. The minimum atomic E-state index is -1.36. The molecule has 0 fully saturated rings. The van der Waals surface area contributed by atoms with Crippen molar-refractivity contribution in [2.75, 3.05) is 0 Å². The van der Waals surface area contributed by atoms with Crippen molar-refractivity contribution in [2.24, 2.45) is 23.0 Å². The predicted molar refractivity (Wildman–Crippen MR) is 65.1 cm³/mol. The smallest absolute Gasteiger partial charge is 0.187 e. The molecule has 4 nitrogen and oxygen atoms in total. The molecule has 0 bridgehead atoms. The van der Waals surface area contributed by atoms with Gasteiger partial charge in [0.15, 0.2) is 5.41 Å². The third-order valence-corrected chi connectivity index (χ3v) is 4.22. The van der Waals surface area contributed by atoms with Gasteiger partial charge in [-0.1, -0.05) is 13.0 Å². The zero-order valence-corrected chi connectivity index (χ0v) is 10.3. The average Bonchev–Trinajstić information content (AvgIpc) is 2.41. The predicted octanol–water partition coefficient (Wildman–Crippen LogP) is 2.13. The van der Waals surface area contributed by atoms with E-state index in [1.54, 1.807) is 0 Å². The lowest BCUT2D eigenvalue weighted by molar-refractivity contribution is 0.257. The van der Waals surface area contributed by atoms with Gasteiger partial charge < -0.3 is 5.73 Å². The first-order valence-corrected chi connectivity index (χ1v) is 6.05. The standard InChI is InChI=1S/C14H14N4/c1-9-10-4-2-3-5-11(10)12(6-15)13(18)14(9,7-16)8-17/h5,9-10H,2-4,18H2,1H3. The van der Waals surface area contributed by atoms with Crippen LogP contribution in [0.5, 0.6) is 0 Å². The molecule has 2 unspecified atom stereocenters. The van der Waals surface area contributed by atoms with E-state index in [1.807, 2.05) is 25.1 Å². The van der Waals surface area contributed by atoms with Crippen molar-refractivity contribution < 1.29 is 0 Å². The van der Waals surface area contributed by atoms with Crippen LogP contribution in [0, 0.1) is 51.2 Å². The van der Waals surface area contributed by atoms with E-state index in [-0.39, 0.29) is 17.5 Å². The molecule has 0 aliphatic heterocycles. The molecule has 0 radical (unpaired) electrons. The fraction of sp³-hybridized carbons (Fsp3) is 0.500. The van der Waals surface area contributed by atoms with Gasteiger partial charge in [0.2, 0.25) is 0 Å². The van der Waals surface area contributed by atoms with E-state index >= 15 is 0 Å². The summed E-state index contributed by atoms with van der Waals surface area (Å²) >= 11 is 0. The number of allylic oxidation sites excluding steroid dienone is 4. The Bertz CT molecular complexity index is 548. The van der Waals surface area contributed by atoms with Gasteiger partial charge in [-0.05, 0) is 30.8 Å². The van der Waals surface area contributed by atoms with Crippen molar-refractivity contribution in [3.63, 3.8) is 0 Å². The normalized spacial score (nSPS) is 29.3. The van der Waals surface area contributed by atoms with Crippen molar-refractivity contribution in [2.45, 2.75) is 26.2 Å². The Hall–Kier alpha value is -2.25. The van der Waals surface area contributed by atoms with Gasteiger partial charge in [-0.2, -0.15) is 15.8 Å². The number of fused-ring (bicyclic) bond motifs is 1. The number of nitriles is 3. The van der Waals surface area contributed by atoms with Crippen LogP contribution in [0.25, 0.3) is 0 Å². The first-order chi connectivity index (χ1) is 8.62. The lowest BCUT2D eigenvalue weighted by Gasteiger charge is -2.41. The van der Waals surface area contributed by atoms with Gasteiger partial charge in [-0.3, -0.25) is 0 Å². The van der Waals surface area contributed by atoms with E-state index in [2.05, 4.69) is 6.07 Å². The van der Waals surface area contributed by atoms with E-state index < -0.39 is 5.41 Å². The molecule has 4 heteroatoms. The summed E-state index contributed by atoms with van der Waals surface area (Å²) in [5.74, 6) is -0.0730. The van der Waals surface area contributed by atoms with Crippen LogP contribution in [0.2, 0.25) is 0 Å². The number of nitrogens with two attached hydrogens (primary N) is 1. The summed E-state index contributed by atoms with van der Waals surface area (Å²) in [6.45, 7) is 1.89. The molecule has 0 aromatic rings. The van der Waals surface area contributed by atoms with Crippen molar-refractivity contribution in [3.8, 4) is 18.2 Å². The highest BCUT2D eigenvalue weighted by Crippen LogP contribution is 2.50. The molecule has 2 N–H and O–H groups in total. The summed E-state index contributed by atoms with van der Waals surface area (Å²) in [6.07, 6.45) is 4.92. The Kier molecular flexibility index (Phi) is 2.85. The maximum absolute atomic E-state index is 9.37. The summed E-state index contributed by atoms with van der Waals surface area (Å²) in [5, 5.41) is 28.0. The zero-order chi connectivity index (χ0) is 13.3. The van der Waals surface area contributed by atoms with E-state index in [0.717, 1.165) is 24.8 Å². The second kappa shape index (κ2) is 4.21. The van der Waals surface area contributed by atoms with E-state index in [0.29, 0.717) is 5.57 Å². The Balaban J connectivity index is 2.73. The fourth-order valence-electron chi connectivity index (χ4n) is 3.08. The molecule has 2 atom stereocenters. The molecular formula is C14H14N4. The number of rotatable bonds is 0. The molecule has 2 rings (SSSR count). The third-order valence-electron chi connectivity index (χ3n) is 4.22. The number of hydrogen-bond acceptors (Lipinski definition) is 4.